The van der Waals surface area contributed by atoms with Gasteiger partial charge in [0.1, 0.15) is 5.75 Å². The van der Waals surface area contributed by atoms with Crippen LogP contribution in [0.5, 0.6) is 11.5 Å². The number of phenolic OH excluding ortho intramolecular Hbond substituents is 1. The van der Waals surface area contributed by atoms with Crippen LogP contribution in [0.4, 0.5) is 0 Å². The summed E-state index contributed by atoms with van der Waals surface area (Å²) in [6.07, 6.45) is 0.974. The maximum atomic E-state index is 10.9. The van der Waals surface area contributed by atoms with Gasteiger partial charge in [-0.05, 0) is 11.6 Å². The minimum absolute atomic E-state index is 0.160. The average molecular weight is 152 g/mol. The van der Waals surface area contributed by atoms with Gasteiger partial charge in [-0.2, -0.15) is 0 Å². The number of benzene rings is 1. The molecule has 0 aromatic heterocycles. The monoisotopic (exact) mass is 152 g/mol. The number of aromatic hydroxyl groups is 1. The van der Waals surface area contributed by atoms with Crippen molar-refractivity contribution in [1.29, 1.82) is 0 Å². The molecule has 1 aromatic rings. The predicted molar refractivity (Wildman–Crippen MR) is 36.9 cm³/mol. The molecule has 0 saturated carbocycles. The second kappa shape index (κ2) is 2.92. The Morgan fingerprint density at radius 3 is 2.82 bits per heavy atom. The molecule has 1 rings (SSSR count). The first-order chi connectivity index (χ1) is 5.25. The first-order valence-corrected chi connectivity index (χ1v) is 2.92. The summed E-state index contributed by atoms with van der Waals surface area (Å²) in [6.45, 7) is 0. The van der Waals surface area contributed by atoms with E-state index in [2.05, 4.69) is 5.16 Å². The topological polar surface area (TPSA) is 75.9 Å². The van der Waals surface area contributed by atoms with Gasteiger partial charge in [0.05, 0.1) is 6.21 Å². The fourth-order valence-electron chi connectivity index (χ4n) is 0.706. The van der Waals surface area contributed by atoms with E-state index in [1.54, 1.807) is 0 Å². The second-order valence-electron chi connectivity index (χ2n) is 1.94. The number of rotatable bonds is 1. The largest absolute Gasteiger partial charge is 0.870 e. The van der Waals surface area contributed by atoms with Crippen LogP contribution in [0.1, 0.15) is 5.56 Å². The molecule has 0 amide bonds. The molecule has 0 radical (unpaired) electrons. The van der Waals surface area contributed by atoms with Crippen molar-refractivity contribution in [3.05, 3.63) is 23.8 Å². The van der Waals surface area contributed by atoms with Crippen molar-refractivity contribution in [2.45, 2.75) is 0 Å². The lowest BCUT2D eigenvalue weighted by Gasteiger charge is -2.10. The van der Waals surface area contributed by atoms with Gasteiger partial charge in [-0.1, -0.05) is 23.0 Å². The zero-order valence-electron chi connectivity index (χ0n) is 5.56. The summed E-state index contributed by atoms with van der Waals surface area (Å²) in [7, 11) is 0. The maximum Gasteiger partial charge on any atom is 0.108 e. The van der Waals surface area contributed by atoms with E-state index in [4.69, 9.17) is 10.3 Å². The Balaban J connectivity index is 3.16. The van der Waals surface area contributed by atoms with Crippen molar-refractivity contribution >= 4 is 6.21 Å². The third kappa shape index (κ3) is 1.40. The van der Waals surface area contributed by atoms with Gasteiger partial charge in [0.15, 0.2) is 0 Å². The number of hydrogen-bond acceptors (Lipinski definition) is 4. The van der Waals surface area contributed by atoms with Crippen LogP contribution in [0.15, 0.2) is 23.4 Å². The fourth-order valence-corrected chi connectivity index (χ4v) is 0.706. The molecule has 4 heteroatoms. The molecule has 11 heavy (non-hydrogen) atoms. The van der Waals surface area contributed by atoms with Gasteiger partial charge < -0.3 is 15.4 Å². The number of hydrogen-bond donors (Lipinski definition) is 2. The van der Waals surface area contributed by atoms with Gasteiger partial charge in [0.25, 0.3) is 0 Å². The number of phenols is 1. The Labute approximate surface area is 63.0 Å². The van der Waals surface area contributed by atoms with Crippen LogP contribution < -0.4 is 5.11 Å². The van der Waals surface area contributed by atoms with Gasteiger partial charge >= 0.3 is 0 Å². The predicted octanol–water partition coefficient (Wildman–Crippen LogP) is 0.274. The summed E-state index contributed by atoms with van der Waals surface area (Å²) in [6, 6.07) is 4.21. The van der Waals surface area contributed by atoms with Gasteiger partial charge in [0, 0.05) is 0 Å². The normalized spacial score (nSPS) is 10.5. The molecule has 0 unspecified atom stereocenters. The molecule has 0 fully saturated rings. The highest BCUT2D eigenvalue weighted by molar-refractivity contribution is 5.83. The molecule has 0 atom stereocenters. The van der Waals surface area contributed by atoms with E-state index in [-0.39, 0.29) is 11.3 Å². The Kier molecular flexibility index (Phi) is 1.96. The lowest BCUT2D eigenvalue weighted by atomic mass is 10.2. The summed E-state index contributed by atoms with van der Waals surface area (Å²) in [4.78, 5) is 0. The Morgan fingerprint density at radius 2 is 2.18 bits per heavy atom. The first-order valence-electron chi connectivity index (χ1n) is 2.92. The van der Waals surface area contributed by atoms with E-state index in [0.29, 0.717) is 0 Å². The maximum absolute atomic E-state index is 10.9. The zero-order valence-corrected chi connectivity index (χ0v) is 5.56. The van der Waals surface area contributed by atoms with E-state index in [0.717, 1.165) is 6.21 Å². The van der Waals surface area contributed by atoms with Crippen molar-refractivity contribution in [3.63, 3.8) is 0 Å². The third-order valence-electron chi connectivity index (χ3n) is 1.22. The highest BCUT2D eigenvalue weighted by Gasteiger charge is 1.93. The van der Waals surface area contributed by atoms with Crippen LogP contribution in [-0.4, -0.2) is 16.5 Å². The molecule has 0 saturated heterocycles. The Hall–Kier alpha value is -1.71. The fraction of sp³-hybridized carbons (Fsp3) is 0. The number of para-hydroxylation sites is 1. The molecular formula is C7H6NO3-. The molecule has 0 heterocycles. The van der Waals surface area contributed by atoms with E-state index in [1.807, 2.05) is 0 Å². The highest BCUT2D eigenvalue weighted by Crippen LogP contribution is 2.23. The Bertz CT molecular complexity index is 283. The second-order valence-corrected chi connectivity index (χ2v) is 1.94. The standard InChI is InChI=1S/C7H7NO3/c9-6-3-1-2-5(4-8-11)7(6)10/h1-4,9-11H/p-1. The molecule has 4 nitrogen and oxygen atoms in total. The van der Waals surface area contributed by atoms with Crippen LogP contribution in [0.25, 0.3) is 0 Å². The van der Waals surface area contributed by atoms with Gasteiger partial charge in [0.2, 0.25) is 0 Å². The van der Waals surface area contributed by atoms with Crippen molar-refractivity contribution < 1.29 is 15.4 Å². The molecule has 2 N–H and O–H groups in total. The average Bonchev–Trinajstić information content (AvgIpc) is 1.99. The zero-order chi connectivity index (χ0) is 8.27. The van der Waals surface area contributed by atoms with E-state index >= 15 is 0 Å². The quantitative estimate of drug-likeness (QED) is 0.344. The molecule has 58 valence electrons. The van der Waals surface area contributed by atoms with Crippen LogP contribution in [-0.2, 0) is 0 Å². The summed E-state index contributed by atoms with van der Waals surface area (Å²) < 4.78 is 0. The summed E-state index contributed by atoms with van der Waals surface area (Å²) >= 11 is 0. The highest BCUT2D eigenvalue weighted by atomic mass is 16.4. The van der Waals surface area contributed by atoms with E-state index in [9.17, 15) is 5.11 Å². The van der Waals surface area contributed by atoms with Crippen LogP contribution >= 0.6 is 0 Å². The lowest BCUT2D eigenvalue weighted by Crippen LogP contribution is -1.95. The summed E-state index contributed by atoms with van der Waals surface area (Å²) in [5.74, 6) is -0.882. The smallest absolute Gasteiger partial charge is 0.108 e. The summed E-state index contributed by atoms with van der Waals surface area (Å²) in [5.41, 5.74) is 0.160. The van der Waals surface area contributed by atoms with Crippen LogP contribution in [0.2, 0.25) is 0 Å². The first kappa shape index (κ1) is 7.40. The Morgan fingerprint density at radius 1 is 1.45 bits per heavy atom. The molecule has 1 aromatic carbocycles. The molecule has 0 aliphatic carbocycles. The number of nitrogens with zero attached hydrogens (tertiary/aromatic N) is 1. The summed E-state index contributed by atoms with van der Waals surface area (Å²) in [5, 5.41) is 30.5. The van der Waals surface area contributed by atoms with Gasteiger partial charge in [-0.3, -0.25) is 0 Å². The molecule has 0 spiro atoms. The lowest BCUT2D eigenvalue weighted by molar-refractivity contribution is -0.270. The number of oxime groups is 1. The van der Waals surface area contributed by atoms with Gasteiger partial charge in [-0.25, -0.2) is 0 Å². The third-order valence-corrected chi connectivity index (χ3v) is 1.22. The molecule has 0 aliphatic heterocycles. The van der Waals surface area contributed by atoms with Crippen molar-refractivity contribution in [2.75, 3.05) is 0 Å². The minimum atomic E-state index is -0.537. The van der Waals surface area contributed by atoms with Crippen LogP contribution in [0, 0.1) is 0 Å². The molecule has 0 aliphatic rings. The van der Waals surface area contributed by atoms with E-state index < -0.39 is 5.75 Å². The van der Waals surface area contributed by atoms with Crippen molar-refractivity contribution in [2.24, 2.45) is 5.16 Å². The van der Waals surface area contributed by atoms with Crippen LogP contribution in [0.3, 0.4) is 0 Å². The van der Waals surface area contributed by atoms with E-state index in [1.165, 1.54) is 18.2 Å². The SMILES string of the molecule is [O-]c1c(O)cccc1C=NO. The molecule has 0 bridgehead atoms. The minimum Gasteiger partial charge on any atom is -0.870 e. The molecular weight excluding hydrogens is 146 g/mol. The van der Waals surface area contributed by atoms with Crippen molar-refractivity contribution in [1.82, 2.24) is 0 Å². The van der Waals surface area contributed by atoms with Crippen molar-refractivity contribution in [3.8, 4) is 11.5 Å². The van der Waals surface area contributed by atoms with Gasteiger partial charge in [-0.15, -0.1) is 0 Å².